The lowest BCUT2D eigenvalue weighted by atomic mass is 10.2. The zero-order chi connectivity index (χ0) is 20.8. The Kier molecular flexibility index (Phi) is 7.10. The zero-order valence-corrected chi connectivity index (χ0v) is 16.6. The predicted molar refractivity (Wildman–Crippen MR) is 102 cm³/mol. The monoisotopic (exact) mass is 397 g/mol. The zero-order valence-electron chi connectivity index (χ0n) is 16.6. The van der Waals surface area contributed by atoms with Gasteiger partial charge in [0, 0.05) is 11.9 Å². The Morgan fingerprint density at radius 3 is 2.29 bits per heavy atom. The van der Waals surface area contributed by atoms with Gasteiger partial charge in [0.05, 0.1) is 6.61 Å². The van der Waals surface area contributed by atoms with E-state index in [-0.39, 0.29) is 5.95 Å². The second kappa shape index (κ2) is 9.12. The number of rotatable bonds is 8. The van der Waals surface area contributed by atoms with Crippen molar-refractivity contribution in [3.8, 4) is 11.6 Å². The largest absolute Gasteiger partial charge is 0.494 e. The van der Waals surface area contributed by atoms with E-state index in [4.69, 9.17) is 9.47 Å². The third kappa shape index (κ3) is 6.90. The van der Waals surface area contributed by atoms with Crippen LogP contribution in [-0.2, 0) is 6.18 Å². The predicted octanol–water partition coefficient (Wildman–Crippen LogP) is 5.99. The Balaban J connectivity index is 2.12. The van der Waals surface area contributed by atoms with Gasteiger partial charge >= 0.3 is 6.18 Å². The molecule has 0 atom stereocenters. The molecule has 1 heterocycles. The van der Waals surface area contributed by atoms with Crippen LogP contribution in [0.1, 0.15) is 52.5 Å². The lowest BCUT2D eigenvalue weighted by molar-refractivity contribution is -0.140. The SMILES string of the molecule is CCCCCOc1ccc(Nc2ncc(C(F)(F)F)c(OC(C)(C)C)n2)cc1. The van der Waals surface area contributed by atoms with E-state index in [1.165, 1.54) is 0 Å². The molecule has 0 fully saturated rings. The van der Waals surface area contributed by atoms with E-state index in [0.29, 0.717) is 12.3 Å². The van der Waals surface area contributed by atoms with Gasteiger partial charge in [0.15, 0.2) is 0 Å². The molecule has 2 rings (SSSR count). The van der Waals surface area contributed by atoms with Gasteiger partial charge in [0.25, 0.3) is 0 Å². The van der Waals surface area contributed by atoms with Gasteiger partial charge in [0.2, 0.25) is 11.8 Å². The van der Waals surface area contributed by atoms with Crippen LogP contribution < -0.4 is 14.8 Å². The normalized spacial score (nSPS) is 12.0. The number of ether oxygens (including phenoxy) is 2. The van der Waals surface area contributed by atoms with E-state index in [1.54, 1.807) is 45.0 Å². The van der Waals surface area contributed by atoms with Crippen molar-refractivity contribution < 1.29 is 22.6 Å². The highest BCUT2D eigenvalue weighted by Gasteiger charge is 2.37. The maximum Gasteiger partial charge on any atom is 0.423 e. The number of benzene rings is 1. The molecule has 0 aliphatic rings. The molecular weight excluding hydrogens is 371 g/mol. The third-order valence-corrected chi connectivity index (χ3v) is 3.59. The first-order valence-corrected chi connectivity index (χ1v) is 9.21. The van der Waals surface area contributed by atoms with Gasteiger partial charge in [-0.15, -0.1) is 0 Å². The van der Waals surface area contributed by atoms with Gasteiger partial charge in [-0.3, -0.25) is 0 Å². The van der Waals surface area contributed by atoms with E-state index in [2.05, 4.69) is 22.2 Å². The van der Waals surface area contributed by atoms with Crippen LogP contribution in [0.15, 0.2) is 30.5 Å². The van der Waals surface area contributed by atoms with Crippen molar-refractivity contribution in [2.24, 2.45) is 0 Å². The number of hydrogen-bond donors (Lipinski definition) is 1. The molecule has 1 aromatic carbocycles. The van der Waals surface area contributed by atoms with E-state index >= 15 is 0 Å². The molecule has 154 valence electrons. The van der Waals surface area contributed by atoms with Gasteiger partial charge in [-0.2, -0.15) is 18.2 Å². The van der Waals surface area contributed by atoms with Crippen molar-refractivity contribution in [1.29, 1.82) is 0 Å². The average molecular weight is 397 g/mol. The lowest BCUT2D eigenvalue weighted by Crippen LogP contribution is -2.26. The molecule has 0 saturated heterocycles. The van der Waals surface area contributed by atoms with Crippen LogP contribution in [0.2, 0.25) is 0 Å². The van der Waals surface area contributed by atoms with Crippen LogP contribution in [0.4, 0.5) is 24.8 Å². The summed E-state index contributed by atoms with van der Waals surface area (Å²) in [6.07, 6.45) is -0.645. The first-order valence-electron chi connectivity index (χ1n) is 9.21. The molecular formula is C20H26F3N3O2. The number of halogens is 3. The van der Waals surface area contributed by atoms with Crippen LogP contribution in [0, 0.1) is 0 Å². The highest BCUT2D eigenvalue weighted by molar-refractivity contribution is 5.55. The lowest BCUT2D eigenvalue weighted by Gasteiger charge is -2.23. The molecule has 1 N–H and O–H groups in total. The minimum Gasteiger partial charge on any atom is -0.494 e. The summed E-state index contributed by atoms with van der Waals surface area (Å²) >= 11 is 0. The molecule has 1 aromatic heterocycles. The van der Waals surface area contributed by atoms with Crippen molar-refractivity contribution in [3.63, 3.8) is 0 Å². The van der Waals surface area contributed by atoms with Gasteiger partial charge in [-0.05, 0) is 51.5 Å². The van der Waals surface area contributed by atoms with E-state index in [0.717, 1.165) is 31.2 Å². The van der Waals surface area contributed by atoms with E-state index < -0.39 is 23.2 Å². The molecule has 0 radical (unpaired) electrons. The Morgan fingerprint density at radius 1 is 1.04 bits per heavy atom. The summed E-state index contributed by atoms with van der Waals surface area (Å²) in [5.41, 5.74) is -1.21. The molecule has 28 heavy (non-hydrogen) atoms. The summed E-state index contributed by atoms with van der Waals surface area (Å²) in [6, 6.07) is 7.07. The fourth-order valence-corrected chi connectivity index (χ4v) is 2.29. The molecule has 0 bridgehead atoms. The number of nitrogens with zero attached hydrogens (tertiary/aromatic N) is 2. The molecule has 0 unspecified atom stereocenters. The van der Waals surface area contributed by atoms with E-state index in [9.17, 15) is 13.2 Å². The molecule has 5 nitrogen and oxygen atoms in total. The maximum absolute atomic E-state index is 13.2. The smallest absolute Gasteiger partial charge is 0.423 e. The van der Waals surface area contributed by atoms with Crippen LogP contribution in [0.3, 0.4) is 0 Å². The van der Waals surface area contributed by atoms with Gasteiger partial charge in [-0.25, -0.2) is 4.98 Å². The Labute approximate surface area is 163 Å². The molecule has 0 amide bonds. The Bertz CT molecular complexity index is 757. The van der Waals surface area contributed by atoms with Crippen molar-refractivity contribution >= 4 is 11.6 Å². The average Bonchev–Trinajstić information content (AvgIpc) is 2.58. The standard InChI is InChI=1S/C20H26F3N3O2/c1-5-6-7-12-27-15-10-8-14(9-11-15)25-18-24-13-16(20(21,22)23)17(26-18)28-19(2,3)4/h8-11,13H,5-7,12H2,1-4H3,(H,24,25,26). The van der Waals surface area contributed by atoms with Gasteiger partial charge in [-0.1, -0.05) is 19.8 Å². The molecule has 0 aliphatic carbocycles. The van der Waals surface area contributed by atoms with Crippen molar-refractivity contribution in [3.05, 3.63) is 36.0 Å². The molecule has 0 aliphatic heterocycles. The van der Waals surface area contributed by atoms with Crippen LogP contribution >= 0.6 is 0 Å². The Morgan fingerprint density at radius 2 is 1.71 bits per heavy atom. The summed E-state index contributed by atoms with van der Waals surface area (Å²) < 4.78 is 50.6. The summed E-state index contributed by atoms with van der Waals surface area (Å²) in [7, 11) is 0. The van der Waals surface area contributed by atoms with Crippen LogP contribution in [0.5, 0.6) is 11.6 Å². The second-order valence-electron chi connectivity index (χ2n) is 7.33. The first kappa shape index (κ1) is 21.8. The topological polar surface area (TPSA) is 56.3 Å². The van der Waals surface area contributed by atoms with Crippen molar-refractivity contribution in [2.75, 3.05) is 11.9 Å². The number of nitrogens with one attached hydrogen (secondary N) is 1. The minimum absolute atomic E-state index is 0.0175. The summed E-state index contributed by atoms with van der Waals surface area (Å²) in [6.45, 7) is 7.74. The first-order chi connectivity index (χ1) is 13.1. The fourth-order valence-electron chi connectivity index (χ4n) is 2.29. The van der Waals surface area contributed by atoms with Gasteiger partial charge in [0.1, 0.15) is 16.9 Å². The Hall–Kier alpha value is -2.51. The molecule has 8 heteroatoms. The number of aromatic nitrogens is 2. The quantitative estimate of drug-likeness (QED) is 0.555. The van der Waals surface area contributed by atoms with E-state index in [1.807, 2.05) is 0 Å². The number of alkyl halides is 3. The van der Waals surface area contributed by atoms with Crippen LogP contribution in [0.25, 0.3) is 0 Å². The van der Waals surface area contributed by atoms with Gasteiger partial charge < -0.3 is 14.8 Å². The molecule has 0 saturated carbocycles. The number of hydrogen-bond acceptors (Lipinski definition) is 5. The maximum atomic E-state index is 13.2. The number of unbranched alkanes of at least 4 members (excludes halogenated alkanes) is 2. The summed E-state index contributed by atoms with van der Waals surface area (Å²) in [5.74, 6) is 0.240. The summed E-state index contributed by atoms with van der Waals surface area (Å²) in [4.78, 5) is 7.69. The van der Waals surface area contributed by atoms with Crippen molar-refractivity contribution in [1.82, 2.24) is 9.97 Å². The second-order valence-corrected chi connectivity index (χ2v) is 7.33. The minimum atomic E-state index is -4.60. The summed E-state index contributed by atoms with van der Waals surface area (Å²) in [5, 5.41) is 2.89. The highest BCUT2D eigenvalue weighted by Crippen LogP contribution is 2.36. The number of anilines is 2. The highest BCUT2D eigenvalue weighted by atomic mass is 19.4. The third-order valence-electron chi connectivity index (χ3n) is 3.59. The fraction of sp³-hybridized carbons (Fsp3) is 0.500. The molecule has 2 aromatic rings. The van der Waals surface area contributed by atoms with Crippen molar-refractivity contribution in [2.45, 2.75) is 58.7 Å². The van der Waals surface area contributed by atoms with Crippen LogP contribution in [-0.4, -0.2) is 22.2 Å². The molecule has 0 spiro atoms.